The summed E-state index contributed by atoms with van der Waals surface area (Å²) < 4.78 is 9.03. The topological polar surface area (TPSA) is 54.8 Å². The Kier molecular flexibility index (Phi) is 7.49. The number of nitrogens with zero attached hydrogens (tertiary/aromatic N) is 3. The number of rotatable bonds is 6. The fourth-order valence-electron chi connectivity index (χ4n) is 8.12. The van der Waals surface area contributed by atoms with Gasteiger partial charge in [-0.2, -0.15) is 0 Å². The summed E-state index contributed by atoms with van der Waals surface area (Å²) in [7, 11) is 0. The monoisotopic (exact) mass is 718 g/mol. The lowest BCUT2D eigenvalue weighted by atomic mass is 10.0. The largest absolute Gasteiger partial charge is 0.456 e. The molecule has 10 aromatic rings. The fourth-order valence-corrected chi connectivity index (χ4v) is 8.12. The van der Waals surface area contributed by atoms with Crippen LogP contribution in [0.2, 0.25) is 0 Å². The molecule has 56 heavy (non-hydrogen) atoms. The summed E-state index contributed by atoms with van der Waals surface area (Å²) in [6, 6.07) is 68.0. The highest BCUT2D eigenvalue weighted by molar-refractivity contribution is 6.18. The molecule has 3 heterocycles. The van der Waals surface area contributed by atoms with Crippen LogP contribution in [0.4, 0.5) is 0 Å². The molecular weight excluding hydrogens is 685 g/mol. The average molecular weight is 719 g/mol. The Morgan fingerprint density at radius 3 is 1.61 bits per heavy atom. The Balaban J connectivity index is 1.05. The SMILES string of the molecule is c1ccc(-c2cccc(C3=NC(c4ccc5c(c4)oc4cc6c7ccccc7n(-c7ccccc7)c6cc45)N=C(c4cccc(-c5ccccc5)c4)N3)c2)cc1. The van der Waals surface area contributed by atoms with Gasteiger partial charge in [0.2, 0.25) is 0 Å². The van der Waals surface area contributed by atoms with Gasteiger partial charge in [0.25, 0.3) is 0 Å². The van der Waals surface area contributed by atoms with Crippen LogP contribution >= 0.6 is 0 Å². The average Bonchev–Trinajstić information content (AvgIpc) is 3.80. The molecule has 0 amide bonds. The van der Waals surface area contributed by atoms with Gasteiger partial charge in [0.05, 0.1) is 11.0 Å². The molecule has 0 fully saturated rings. The van der Waals surface area contributed by atoms with Gasteiger partial charge < -0.3 is 14.3 Å². The number of nitrogens with one attached hydrogen (secondary N) is 1. The van der Waals surface area contributed by atoms with Crippen molar-refractivity contribution in [1.29, 1.82) is 0 Å². The van der Waals surface area contributed by atoms with Crippen molar-refractivity contribution in [2.45, 2.75) is 6.17 Å². The van der Waals surface area contributed by atoms with E-state index in [-0.39, 0.29) is 0 Å². The molecule has 0 saturated carbocycles. The van der Waals surface area contributed by atoms with Gasteiger partial charge in [-0.25, -0.2) is 9.98 Å². The van der Waals surface area contributed by atoms with E-state index in [0.717, 1.165) is 89.1 Å². The minimum absolute atomic E-state index is 0.495. The summed E-state index contributed by atoms with van der Waals surface area (Å²) in [5.74, 6) is 1.53. The third-order valence-electron chi connectivity index (χ3n) is 10.8. The highest BCUT2D eigenvalue weighted by Crippen LogP contribution is 2.39. The van der Waals surface area contributed by atoms with Gasteiger partial charge >= 0.3 is 0 Å². The van der Waals surface area contributed by atoms with E-state index in [1.165, 1.54) is 10.9 Å². The third kappa shape index (κ3) is 5.48. The molecule has 0 atom stereocenters. The lowest BCUT2D eigenvalue weighted by Gasteiger charge is -2.23. The molecule has 2 aromatic heterocycles. The Morgan fingerprint density at radius 1 is 0.393 bits per heavy atom. The molecule has 1 N–H and O–H groups in total. The summed E-state index contributed by atoms with van der Waals surface area (Å²) in [6.07, 6.45) is -0.495. The predicted molar refractivity (Wildman–Crippen MR) is 231 cm³/mol. The number of para-hydroxylation sites is 2. The van der Waals surface area contributed by atoms with Gasteiger partial charge in [0.1, 0.15) is 22.8 Å². The first-order valence-electron chi connectivity index (χ1n) is 18.9. The Bertz CT molecular complexity index is 3060. The third-order valence-corrected chi connectivity index (χ3v) is 10.8. The second kappa shape index (κ2) is 13.1. The van der Waals surface area contributed by atoms with Gasteiger partial charge in [0, 0.05) is 43.9 Å². The van der Waals surface area contributed by atoms with Crippen LogP contribution in [0.5, 0.6) is 0 Å². The van der Waals surface area contributed by atoms with Crippen molar-refractivity contribution in [3.63, 3.8) is 0 Å². The zero-order valence-corrected chi connectivity index (χ0v) is 30.3. The van der Waals surface area contributed by atoms with Crippen LogP contribution < -0.4 is 5.32 Å². The zero-order valence-electron chi connectivity index (χ0n) is 30.3. The highest BCUT2D eigenvalue weighted by Gasteiger charge is 2.23. The summed E-state index contributed by atoms with van der Waals surface area (Å²) in [6.45, 7) is 0. The maximum Gasteiger partial charge on any atom is 0.169 e. The van der Waals surface area contributed by atoms with E-state index in [0.29, 0.717) is 0 Å². The van der Waals surface area contributed by atoms with E-state index < -0.39 is 6.17 Å². The lowest BCUT2D eigenvalue weighted by Crippen LogP contribution is -2.36. The second-order valence-corrected chi connectivity index (χ2v) is 14.3. The van der Waals surface area contributed by atoms with Gasteiger partial charge in [-0.3, -0.25) is 0 Å². The molecule has 0 spiro atoms. The van der Waals surface area contributed by atoms with Crippen molar-refractivity contribution >= 4 is 55.4 Å². The number of furan rings is 1. The number of amidine groups is 2. The molecule has 0 saturated heterocycles. The first-order valence-corrected chi connectivity index (χ1v) is 18.9. The van der Waals surface area contributed by atoms with Crippen LogP contribution in [0.3, 0.4) is 0 Å². The van der Waals surface area contributed by atoms with E-state index >= 15 is 0 Å². The van der Waals surface area contributed by atoms with Crippen LogP contribution in [0, 0.1) is 0 Å². The van der Waals surface area contributed by atoms with Gasteiger partial charge in [-0.15, -0.1) is 0 Å². The molecule has 5 nitrogen and oxygen atoms in total. The molecule has 0 unspecified atom stereocenters. The maximum atomic E-state index is 6.69. The Labute approximate surface area is 323 Å². The predicted octanol–water partition coefficient (Wildman–Crippen LogP) is 12.5. The summed E-state index contributed by atoms with van der Waals surface area (Å²) >= 11 is 0. The van der Waals surface area contributed by atoms with Crippen molar-refractivity contribution in [1.82, 2.24) is 9.88 Å². The molecule has 1 aliphatic rings. The van der Waals surface area contributed by atoms with Gasteiger partial charge in [0.15, 0.2) is 6.17 Å². The molecule has 8 aromatic carbocycles. The first kappa shape index (κ1) is 32.0. The number of aliphatic imine (C=N–C) groups is 2. The van der Waals surface area contributed by atoms with E-state index in [1.807, 2.05) is 12.1 Å². The van der Waals surface area contributed by atoms with Crippen LogP contribution in [0.15, 0.2) is 209 Å². The van der Waals surface area contributed by atoms with Gasteiger partial charge in [-0.05, 0) is 70.8 Å². The van der Waals surface area contributed by atoms with Gasteiger partial charge in [-0.1, -0.05) is 146 Å². The van der Waals surface area contributed by atoms with Crippen molar-refractivity contribution in [3.8, 4) is 27.9 Å². The van der Waals surface area contributed by atoms with Crippen LogP contribution in [0.25, 0.3) is 71.7 Å². The van der Waals surface area contributed by atoms with Crippen LogP contribution in [0.1, 0.15) is 22.9 Å². The molecule has 0 aliphatic carbocycles. The molecule has 1 aliphatic heterocycles. The zero-order chi connectivity index (χ0) is 37.0. The second-order valence-electron chi connectivity index (χ2n) is 14.3. The molecule has 264 valence electrons. The number of hydrogen-bond acceptors (Lipinski definition) is 4. The van der Waals surface area contributed by atoms with Crippen molar-refractivity contribution in [3.05, 3.63) is 211 Å². The van der Waals surface area contributed by atoms with Crippen molar-refractivity contribution in [2.24, 2.45) is 9.98 Å². The summed E-state index contributed by atoms with van der Waals surface area (Å²) in [5.41, 5.74) is 12.6. The number of benzene rings is 8. The Morgan fingerprint density at radius 2 is 0.946 bits per heavy atom. The summed E-state index contributed by atoms with van der Waals surface area (Å²) in [5, 5.41) is 8.12. The molecule has 11 rings (SSSR count). The Hall–Kier alpha value is -7.50. The molecule has 0 radical (unpaired) electrons. The first-order chi connectivity index (χ1) is 27.7. The van der Waals surface area contributed by atoms with Crippen molar-refractivity contribution < 1.29 is 4.42 Å². The van der Waals surface area contributed by atoms with Crippen molar-refractivity contribution in [2.75, 3.05) is 0 Å². The maximum absolute atomic E-state index is 6.69. The molecule has 5 heteroatoms. The van der Waals surface area contributed by atoms with E-state index in [9.17, 15) is 0 Å². The normalized spacial score (nSPS) is 13.3. The molecule has 0 bridgehead atoms. The van der Waals surface area contributed by atoms with Crippen LogP contribution in [-0.2, 0) is 0 Å². The number of hydrogen-bond donors (Lipinski definition) is 1. The number of aromatic nitrogens is 1. The fraction of sp³-hybridized carbons (Fsp3) is 0.0196. The van der Waals surface area contributed by atoms with E-state index in [2.05, 4.69) is 192 Å². The minimum Gasteiger partial charge on any atom is -0.456 e. The minimum atomic E-state index is -0.495. The van der Waals surface area contributed by atoms with E-state index in [4.69, 9.17) is 14.4 Å². The lowest BCUT2D eigenvalue weighted by molar-refractivity contribution is 0.666. The highest BCUT2D eigenvalue weighted by atomic mass is 16.3. The standard InChI is InChI=1S/C51H34N4O/c1-4-14-33(15-5-1)35-18-12-20-37(28-35)49-52-50(38-21-13-19-36(29-38)34-16-6-2-7-17-34)54-51(53-49)39-26-27-42-44-31-46-43(32-48(44)56-47(42)30-39)41-24-10-11-25-45(41)55(46)40-22-8-3-9-23-40/h1-32,51H,(H,52,53,54). The quantitative estimate of drug-likeness (QED) is 0.186. The molecular formula is C51H34N4O. The number of fused-ring (bicyclic) bond motifs is 6. The van der Waals surface area contributed by atoms with E-state index in [1.54, 1.807) is 0 Å². The van der Waals surface area contributed by atoms with Crippen LogP contribution in [-0.4, -0.2) is 16.2 Å². The summed E-state index contributed by atoms with van der Waals surface area (Å²) in [4.78, 5) is 10.5. The smallest absolute Gasteiger partial charge is 0.169 e.